The van der Waals surface area contributed by atoms with Crippen molar-refractivity contribution in [2.75, 3.05) is 35.0 Å². The van der Waals surface area contributed by atoms with Crippen molar-refractivity contribution in [3.05, 3.63) is 112 Å². The van der Waals surface area contributed by atoms with Gasteiger partial charge in [-0.1, -0.05) is 53.5 Å². The van der Waals surface area contributed by atoms with Crippen molar-refractivity contribution >= 4 is 51.9 Å². The molecule has 2 aliphatic heterocycles. The number of methoxy groups -OCH3 is 1. The number of benzene rings is 4. The third kappa shape index (κ3) is 6.30. The summed E-state index contributed by atoms with van der Waals surface area (Å²) in [5.74, 6) is 0.469. The number of halogens is 3. The summed E-state index contributed by atoms with van der Waals surface area (Å²) in [7, 11) is 1.55. The Kier molecular flexibility index (Phi) is 9.14. The SMILES string of the molecule is COc1cccc([C@H]2N(c3ccc(Cl)cc3)N=C(C(C)=O)N2c2ccc(N3CCCCC3)c(Cl)c2)c1OCc1ccccc1F. The van der Waals surface area contributed by atoms with E-state index < -0.39 is 6.17 Å². The van der Waals surface area contributed by atoms with E-state index in [0.717, 1.165) is 31.6 Å². The summed E-state index contributed by atoms with van der Waals surface area (Å²) < 4.78 is 26.7. The summed E-state index contributed by atoms with van der Waals surface area (Å²) in [6, 6.07) is 25.0. The predicted molar refractivity (Wildman–Crippen MR) is 179 cm³/mol. The van der Waals surface area contributed by atoms with Crippen LogP contribution in [0.3, 0.4) is 0 Å². The van der Waals surface area contributed by atoms with Crippen molar-refractivity contribution in [2.24, 2.45) is 5.10 Å². The minimum Gasteiger partial charge on any atom is -0.493 e. The van der Waals surface area contributed by atoms with E-state index in [9.17, 15) is 9.18 Å². The number of hydrazone groups is 1. The molecule has 4 aromatic carbocycles. The molecule has 0 saturated carbocycles. The second-order valence-corrected chi connectivity index (χ2v) is 11.8. The number of nitrogens with zero attached hydrogens (tertiary/aromatic N) is 4. The van der Waals surface area contributed by atoms with Gasteiger partial charge in [-0.25, -0.2) is 9.40 Å². The molecule has 0 amide bonds. The number of ether oxygens (including phenoxy) is 2. The van der Waals surface area contributed by atoms with Gasteiger partial charge < -0.3 is 14.4 Å². The van der Waals surface area contributed by atoms with Crippen molar-refractivity contribution in [1.82, 2.24) is 0 Å². The van der Waals surface area contributed by atoms with E-state index in [-0.39, 0.29) is 24.0 Å². The number of carbonyl (C=O) groups is 1. The monoisotopic (exact) mass is 646 g/mol. The number of para-hydroxylation sites is 1. The zero-order valence-corrected chi connectivity index (χ0v) is 26.6. The molecule has 0 unspecified atom stereocenters. The molecule has 232 valence electrons. The third-order valence-corrected chi connectivity index (χ3v) is 8.61. The van der Waals surface area contributed by atoms with Crippen LogP contribution in [0, 0.1) is 5.82 Å². The lowest BCUT2D eigenvalue weighted by molar-refractivity contribution is -0.111. The molecule has 0 aromatic heterocycles. The van der Waals surface area contributed by atoms with Crippen LogP contribution in [0.15, 0.2) is 90.0 Å². The Morgan fingerprint density at radius 1 is 0.933 bits per heavy atom. The first kappa shape index (κ1) is 30.7. The van der Waals surface area contributed by atoms with Gasteiger partial charge in [0, 0.05) is 41.9 Å². The molecule has 1 saturated heterocycles. The van der Waals surface area contributed by atoms with Gasteiger partial charge in [0.05, 0.1) is 23.5 Å². The Morgan fingerprint density at radius 3 is 2.36 bits per heavy atom. The quantitative estimate of drug-likeness (QED) is 0.181. The highest BCUT2D eigenvalue weighted by atomic mass is 35.5. The maximum absolute atomic E-state index is 14.6. The maximum atomic E-state index is 14.6. The fraction of sp³-hybridized carbons (Fsp3) is 0.257. The van der Waals surface area contributed by atoms with E-state index in [4.69, 9.17) is 37.8 Å². The van der Waals surface area contributed by atoms with Crippen molar-refractivity contribution in [3.8, 4) is 11.5 Å². The maximum Gasteiger partial charge on any atom is 0.198 e. The summed E-state index contributed by atoms with van der Waals surface area (Å²) >= 11 is 13.2. The number of ketones is 1. The Balaban J connectivity index is 1.49. The number of hydrogen-bond acceptors (Lipinski definition) is 7. The van der Waals surface area contributed by atoms with E-state index in [1.165, 1.54) is 19.4 Å². The Bertz CT molecular complexity index is 1730. The van der Waals surface area contributed by atoms with Crippen LogP contribution in [0.5, 0.6) is 11.5 Å². The minimum atomic E-state index is -0.701. The number of carbonyl (C=O) groups excluding carboxylic acids is 1. The lowest BCUT2D eigenvalue weighted by Crippen LogP contribution is -2.38. The second-order valence-electron chi connectivity index (χ2n) is 11.0. The van der Waals surface area contributed by atoms with Crippen molar-refractivity contribution in [2.45, 2.75) is 39.0 Å². The molecule has 1 atom stereocenters. The van der Waals surface area contributed by atoms with Crippen LogP contribution < -0.4 is 24.3 Å². The number of piperidine rings is 1. The number of anilines is 3. The molecule has 0 spiro atoms. The highest BCUT2D eigenvalue weighted by Gasteiger charge is 2.41. The average Bonchev–Trinajstić information content (AvgIpc) is 3.46. The molecule has 0 aliphatic carbocycles. The van der Waals surface area contributed by atoms with Gasteiger partial charge in [-0.05, 0) is 73.9 Å². The summed E-state index contributed by atoms with van der Waals surface area (Å²) in [6.45, 7) is 3.34. The molecule has 7 nitrogen and oxygen atoms in total. The average molecular weight is 648 g/mol. The summed E-state index contributed by atoms with van der Waals surface area (Å²) in [6.07, 6.45) is 2.75. The molecule has 2 aliphatic rings. The van der Waals surface area contributed by atoms with Gasteiger partial charge in [-0.2, -0.15) is 0 Å². The van der Waals surface area contributed by atoms with Crippen molar-refractivity contribution in [3.63, 3.8) is 0 Å². The molecule has 0 N–H and O–H groups in total. The van der Waals surface area contributed by atoms with Crippen LogP contribution in [0.25, 0.3) is 0 Å². The van der Waals surface area contributed by atoms with Crippen LogP contribution >= 0.6 is 23.2 Å². The number of Topliss-reactive ketones (excluding diaryl/α,β-unsaturated/α-hetero) is 1. The van der Waals surface area contributed by atoms with E-state index in [1.54, 1.807) is 48.5 Å². The number of rotatable bonds is 9. The van der Waals surface area contributed by atoms with Crippen molar-refractivity contribution < 1.29 is 18.7 Å². The van der Waals surface area contributed by atoms with Crippen molar-refractivity contribution in [1.29, 1.82) is 0 Å². The normalized spacial score (nSPS) is 16.5. The highest BCUT2D eigenvalue weighted by molar-refractivity contribution is 6.44. The minimum absolute atomic E-state index is 0.0372. The fourth-order valence-electron chi connectivity index (χ4n) is 5.85. The molecule has 0 bridgehead atoms. The van der Waals surface area contributed by atoms with Crippen LogP contribution in [-0.4, -0.2) is 31.8 Å². The molecule has 0 radical (unpaired) electrons. The summed E-state index contributed by atoms with van der Waals surface area (Å²) in [5, 5.41) is 7.75. The van der Waals surface area contributed by atoms with Gasteiger partial charge in [0.15, 0.2) is 29.3 Å². The Morgan fingerprint density at radius 2 is 1.67 bits per heavy atom. The number of hydrogen-bond donors (Lipinski definition) is 0. The lowest BCUT2D eigenvalue weighted by Gasteiger charge is -2.34. The van der Waals surface area contributed by atoms with E-state index in [0.29, 0.717) is 44.0 Å². The zero-order valence-electron chi connectivity index (χ0n) is 25.1. The standard InChI is InChI=1S/C35H33Cl2FN4O3/c1-23(43)34-39-42(26-15-13-25(36)14-16-26)35(41(34)27-17-18-31(29(37)21-27)40-19-6-3-7-20-40)28-10-8-12-32(44-2)33(28)45-22-24-9-4-5-11-30(24)38/h4-5,8-18,21,35H,3,6-7,19-20,22H2,1-2H3/t35-/m1/s1. The molecular weight excluding hydrogens is 614 g/mol. The third-order valence-electron chi connectivity index (χ3n) is 8.06. The van der Waals surface area contributed by atoms with Gasteiger partial charge in [-0.15, -0.1) is 5.10 Å². The van der Waals surface area contributed by atoms with Gasteiger partial charge in [0.25, 0.3) is 0 Å². The molecule has 2 heterocycles. The molecule has 45 heavy (non-hydrogen) atoms. The molecule has 4 aromatic rings. The molecule has 10 heteroatoms. The van der Waals surface area contributed by atoms with E-state index >= 15 is 0 Å². The van der Waals surface area contributed by atoms with E-state index in [2.05, 4.69) is 4.90 Å². The van der Waals surface area contributed by atoms with Crippen LogP contribution in [0.4, 0.5) is 21.5 Å². The topological polar surface area (TPSA) is 57.6 Å². The van der Waals surface area contributed by atoms with Gasteiger partial charge >= 0.3 is 0 Å². The first-order chi connectivity index (χ1) is 21.9. The van der Waals surface area contributed by atoms with Gasteiger partial charge in [-0.3, -0.25) is 9.69 Å². The van der Waals surface area contributed by atoms with Crippen LogP contribution in [0.1, 0.15) is 43.5 Å². The largest absolute Gasteiger partial charge is 0.493 e. The van der Waals surface area contributed by atoms with E-state index in [1.807, 2.05) is 47.4 Å². The second kappa shape index (κ2) is 13.4. The number of amidine groups is 1. The molecule has 6 rings (SSSR count). The van der Waals surface area contributed by atoms with Gasteiger partial charge in [0.1, 0.15) is 12.4 Å². The van der Waals surface area contributed by atoms with Crippen LogP contribution in [0.2, 0.25) is 10.0 Å². The Hall–Kier alpha value is -4.27. The first-order valence-electron chi connectivity index (χ1n) is 14.9. The van der Waals surface area contributed by atoms with Gasteiger partial charge in [0.2, 0.25) is 0 Å². The fourth-order valence-corrected chi connectivity index (χ4v) is 6.27. The van der Waals surface area contributed by atoms with Crippen LogP contribution in [-0.2, 0) is 11.4 Å². The predicted octanol–water partition coefficient (Wildman–Crippen LogP) is 8.64. The summed E-state index contributed by atoms with van der Waals surface area (Å²) in [5.41, 5.74) is 3.38. The Labute approximate surface area is 272 Å². The lowest BCUT2D eigenvalue weighted by atomic mass is 10.1. The molecule has 1 fully saturated rings. The smallest absolute Gasteiger partial charge is 0.198 e. The zero-order chi connectivity index (χ0) is 31.5. The highest BCUT2D eigenvalue weighted by Crippen LogP contribution is 2.46. The summed E-state index contributed by atoms with van der Waals surface area (Å²) in [4.78, 5) is 17.4. The molecular formula is C35H33Cl2FN4O3. The first-order valence-corrected chi connectivity index (χ1v) is 15.6.